The van der Waals surface area contributed by atoms with Crippen LogP contribution in [0.25, 0.3) is 0 Å². The maximum Gasteiger partial charge on any atom is 0.173 e. The summed E-state index contributed by atoms with van der Waals surface area (Å²) in [6, 6.07) is 9.37. The van der Waals surface area contributed by atoms with Gasteiger partial charge in [-0.1, -0.05) is 54.1 Å². The molecule has 88 valence electrons. The molecule has 0 spiro atoms. The van der Waals surface area contributed by atoms with Crippen LogP contribution >= 0.6 is 0 Å². The molecule has 2 unspecified atom stereocenters. The zero-order valence-corrected chi connectivity index (χ0v) is 10.2. The fraction of sp³-hybridized carbons (Fsp3) is 0.267. The second-order valence-corrected chi connectivity index (χ2v) is 4.82. The van der Waals surface area contributed by atoms with Gasteiger partial charge < -0.3 is 5.73 Å². The molecule has 0 saturated heterocycles. The summed E-state index contributed by atoms with van der Waals surface area (Å²) in [7, 11) is 0. The van der Waals surface area contributed by atoms with Gasteiger partial charge in [0.1, 0.15) is 0 Å². The molecule has 2 nitrogen and oxygen atoms in total. The van der Waals surface area contributed by atoms with Gasteiger partial charge in [0.25, 0.3) is 0 Å². The van der Waals surface area contributed by atoms with Gasteiger partial charge in [-0.25, -0.2) is 0 Å². The van der Waals surface area contributed by atoms with Gasteiger partial charge in [-0.3, -0.25) is 4.79 Å². The Bertz CT molecular complexity index is 483. The van der Waals surface area contributed by atoms with Crippen LogP contribution in [0.5, 0.6) is 0 Å². The van der Waals surface area contributed by atoms with Gasteiger partial charge in [-0.2, -0.15) is 0 Å². The highest BCUT2D eigenvalue weighted by Crippen LogP contribution is 2.26. The minimum atomic E-state index is -0.433. The summed E-state index contributed by atoms with van der Waals surface area (Å²) in [4.78, 5) is 12.3. The highest BCUT2D eigenvalue weighted by molar-refractivity contribution is 6.00. The van der Waals surface area contributed by atoms with E-state index in [4.69, 9.17) is 5.73 Å². The van der Waals surface area contributed by atoms with Gasteiger partial charge in [0.2, 0.25) is 0 Å². The predicted molar refractivity (Wildman–Crippen MR) is 69.8 cm³/mol. The number of carbonyl (C=O) groups is 1. The Morgan fingerprint density at radius 3 is 2.53 bits per heavy atom. The Labute approximate surface area is 102 Å². The summed E-state index contributed by atoms with van der Waals surface area (Å²) in [5, 5.41) is 0. The SMILES string of the molecule is CC1=CC(C)(N)C=CC1C(=O)c1ccccc1. The third-order valence-corrected chi connectivity index (χ3v) is 3.02. The topological polar surface area (TPSA) is 43.1 Å². The van der Waals surface area contributed by atoms with Crippen LogP contribution < -0.4 is 5.73 Å². The van der Waals surface area contributed by atoms with E-state index in [-0.39, 0.29) is 11.7 Å². The van der Waals surface area contributed by atoms with E-state index in [1.54, 1.807) is 0 Å². The summed E-state index contributed by atoms with van der Waals surface area (Å²) in [5.41, 5.74) is 7.33. The average molecular weight is 227 g/mol. The van der Waals surface area contributed by atoms with Crippen LogP contribution in [0.2, 0.25) is 0 Å². The third kappa shape index (κ3) is 2.53. The summed E-state index contributed by atoms with van der Waals surface area (Å²) in [6.07, 6.45) is 5.76. The van der Waals surface area contributed by atoms with Crippen LogP contribution in [0.15, 0.2) is 54.1 Å². The quantitative estimate of drug-likeness (QED) is 0.623. The van der Waals surface area contributed by atoms with Gasteiger partial charge in [0.15, 0.2) is 5.78 Å². The zero-order valence-electron chi connectivity index (χ0n) is 10.2. The Kier molecular flexibility index (Phi) is 2.99. The molecule has 0 fully saturated rings. The van der Waals surface area contributed by atoms with Gasteiger partial charge in [-0.15, -0.1) is 0 Å². The molecule has 0 aliphatic heterocycles. The highest BCUT2D eigenvalue weighted by Gasteiger charge is 2.25. The van der Waals surface area contributed by atoms with Crippen molar-refractivity contribution >= 4 is 5.78 Å². The smallest absolute Gasteiger partial charge is 0.173 e. The van der Waals surface area contributed by atoms with Gasteiger partial charge in [-0.05, 0) is 13.8 Å². The van der Waals surface area contributed by atoms with Crippen molar-refractivity contribution < 1.29 is 4.79 Å². The van der Waals surface area contributed by atoms with Gasteiger partial charge in [0, 0.05) is 11.1 Å². The van der Waals surface area contributed by atoms with Gasteiger partial charge in [0.05, 0.1) is 5.92 Å². The average Bonchev–Trinajstić information content (AvgIpc) is 2.28. The molecule has 0 saturated carbocycles. The molecule has 1 aliphatic rings. The first-order chi connectivity index (χ1) is 7.99. The normalized spacial score (nSPS) is 27.7. The Morgan fingerprint density at radius 2 is 1.94 bits per heavy atom. The van der Waals surface area contributed by atoms with Crippen LogP contribution in [0.1, 0.15) is 24.2 Å². The van der Waals surface area contributed by atoms with E-state index in [1.807, 2.05) is 62.4 Å². The minimum absolute atomic E-state index is 0.131. The fourth-order valence-corrected chi connectivity index (χ4v) is 2.16. The lowest BCUT2D eigenvalue weighted by Gasteiger charge is -2.25. The number of nitrogens with two attached hydrogens (primary N) is 1. The number of rotatable bonds is 2. The van der Waals surface area contributed by atoms with Crippen LogP contribution in [-0.4, -0.2) is 11.3 Å². The molecule has 0 aromatic heterocycles. The number of hydrogen-bond acceptors (Lipinski definition) is 2. The van der Waals surface area contributed by atoms with E-state index in [9.17, 15) is 4.79 Å². The number of benzene rings is 1. The summed E-state index contributed by atoms with van der Waals surface area (Å²) in [6.45, 7) is 3.89. The van der Waals surface area contributed by atoms with E-state index in [1.165, 1.54) is 0 Å². The van der Waals surface area contributed by atoms with Crippen molar-refractivity contribution in [3.05, 3.63) is 59.7 Å². The van der Waals surface area contributed by atoms with Crippen molar-refractivity contribution in [2.24, 2.45) is 11.7 Å². The van der Waals surface area contributed by atoms with Crippen molar-refractivity contribution in [3.8, 4) is 0 Å². The largest absolute Gasteiger partial charge is 0.319 e. The van der Waals surface area contributed by atoms with Crippen LogP contribution in [0.4, 0.5) is 0 Å². The molecule has 2 heteroatoms. The van der Waals surface area contributed by atoms with Crippen LogP contribution in [-0.2, 0) is 0 Å². The molecule has 0 bridgehead atoms. The second-order valence-electron chi connectivity index (χ2n) is 4.82. The number of carbonyl (C=O) groups excluding carboxylic acids is 1. The maximum atomic E-state index is 12.3. The summed E-state index contributed by atoms with van der Waals surface area (Å²) in [5.74, 6) is -0.0416. The molecule has 0 amide bonds. The van der Waals surface area contributed by atoms with E-state index < -0.39 is 5.54 Å². The lowest BCUT2D eigenvalue weighted by molar-refractivity contribution is 0.0959. The van der Waals surface area contributed by atoms with Crippen molar-refractivity contribution in [2.75, 3.05) is 0 Å². The second kappa shape index (κ2) is 4.30. The Balaban J connectivity index is 2.27. The first-order valence-corrected chi connectivity index (χ1v) is 5.76. The number of allylic oxidation sites excluding steroid dienone is 2. The summed E-state index contributed by atoms with van der Waals surface area (Å²) < 4.78 is 0. The Morgan fingerprint density at radius 1 is 1.29 bits per heavy atom. The molecule has 1 aromatic carbocycles. The molecule has 17 heavy (non-hydrogen) atoms. The fourth-order valence-electron chi connectivity index (χ4n) is 2.16. The maximum absolute atomic E-state index is 12.3. The lowest BCUT2D eigenvalue weighted by Crippen LogP contribution is -2.35. The number of hydrogen-bond donors (Lipinski definition) is 1. The molecule has 2 N–H and O–H groups in total. The standard InChI is InChI=1S/C15H17NO/c1-11-10-15(2,16)9-8-13(11)14(17)12-6-4-3-5-7-12/h3-10,13H,16H2,1-2H3. The van der Waals surface area contributed by atoms with Crippen molar-refractivity contribution in [1.29, 1.82) is 0 Å². The van der Waals surface area contributed by atoms with Crippen molar-refractivity contribution in [3.63, 3.8) is 0 Å². The predicted octanol–water partition coefficient (Wildman–Crippen LogP) is 2.72. The van der Waals surface area contributed by atoms with E-state index in [0.717, 1.165) is 11.1 Å². The first-order valence-electron chi connectivity index (χ1n) is 5.76. The van der Waals surface area contributed by atoms with Crippen molar-refractivity contribution in [2.45, 2.75) is 19.4 Å². The molecular weight excluding hydrogens is 210 g/mol. The highest BCUT2D eigenvalue weighted by atomic mass is 16.1. The molecule has 1 aliphatic carbocycles. The Hall–Kier alpha value is -1.67. The number of Topliss-reactive ketones (excluding diaryl/α,β-unsaturated/α-hetero) is 1. The molecule has 0 radical (unpaired) electrons. The van der Waals surface area contributed by atoms with Crippen LogP contribution in [0.3, 0.4) is 0 Å². The molecule has 1 aromatic rings. The molecule has 0 heterocycles. The zero-order chi connectivity index (χ0) is 12.5. The van der Waals surface area contributed by atoms with E-state index in [0.29, 0.717) is 0 Å². The van der Waals surface area contributed by atoms with Crippen LogP contribution in [0, 0.1) is 5.92 Å². The molecule has 2 rings (SSSR count). The first kappa shape index (κ1) is 11.8. The number of ketones is 1. The van der Waals surface area contributed by atoms with Gasteiger partial charge >= 0.3 is 0 Å². The summed E-state index contributed by atoms with van der Waals surface area (Å²) >= 11 is 0. The monoisotopic (exact) mass is 227 g/mol. The van der Waals surface area contributed by atoms with E-state index in [2.05, 4.69) is 0 Å². The van der Waals surface area contributed by atoms with Crippen molar-refractivity contribution in [1.82, 2.24) is 0 Å². The molecular formula is C15H17NO. The van der Waals surface area contributed by atoms with E-state index >= 15 is 0 Å². The third-order valence-electron chi connectivity index (χ3n) is 3.02. The minimum Gasteiger partial charge on any atom is -0.319 e. The molecule has 2 atom stereocenters. The lowest BCUT2D eigenvalue weighted by atomic mass is 9.82.